The Balaban J connectivity index is 2.43. The van der Waals surface area contributed by atoms with Gasteiger partial charge in [0.05, 0.1) is 0 Å². The zero-order chi connectivity index (χ0) is 9.54. The Morgan fingerprint density at radius 1 is 1.00 bits per heavy atom. The Morgan fingerprint density at radius 3 is 2.79 bits per heavy atom. The van der Waals surface area contributed by atoms with Gasteiger partial charge < -0.3 is 0 Å². The van der Waals surface area contributed by atoms with Crippen LogP contribution in [-0.4, -0.2) is 10.2 Å². The van der Waals surface area contributed by atoms with Gasteiger partial charge in [-0.3, -0.25) is 0 Å². The highest BCUT2D eigenvalue weighted by Gasteiger charge is 2.14. The van der Waals surface area contributed by atoms with Gasteiger partial charge in [-0.05, 0) is 27.4 Å². The van der Waals surface area contributed by atoms with Gasteiger partial charge in [0.1, 0.15) is 0 Å². The average Bonchev–Trinajstić information content (AvgIpc) is 2.61. The lowest BCUT2D eigenvalue weighted by Crippen LogP contribution is -1.91. The molecule has 0 amide bonds. The molecule has 14 heavy (non-hydrogen) atoms. The molecule has 0 nitrogen and oxygen atoms in total. The van der Waals surface area contributed by atoms with Crippen molar-refractivity contribution in [1.82, 2.24) is 0 Å². The summed E-state index contributed by atoms with van der Waals surface area (Å²) in [5, 5.41) is 2.76. The molecule has 0 saturated carbocycles. The highest BCUT2D eigenvalue weighted by atomic mass is 28.1. The predicted octanol–water partition coefficient (Wildman–Crippen LogP) is 2.27. The van der Waals surface area contributed by atoms with E-state index in [1.54, 1.807) is 0 Å². The number of rotatable bonds is 0. The van der Waals surface area contributed by atoms with Crippen molar-refractivity contribution in [2.24, 2.45) is 0 Å². The third kappa shape index (κ3) is 0.992. The third-order valence-electron chi connectivity index (χ3n) is 3.05. The van der Waals surface area contributed by atoms with Crippen LogP contribution in [0.5, 0.6) is 0 Å². The average molecular weight is 196 g/mol. The zero-order valence-electron chi connectivity index (χ0n) is 8.20. The smallest absolute Gasteiger partial charge is 0.0171 e. The van der Waals surface area contributed by atoms with Crippen LogP contribution in [0, 0.1) is 0 Å². The summed E-state index contributed by atoms with van der Waals surface area (Å²) in [5.74, 6) is 0. The van der Waals surface area contributed by atoms with Gasteiger partial charge in [-0.1, -0.05) is 48.6 Å². The minimum atomic E-state index is 0.717. The fourth-order valence-corrected chi connectivity index (χ4v) is 2.94. The quantitative estimate of drug-likeness (QED) is 0.567. The van der Waals surface area contributed by atoms with Crippen LogP contribution >= 0.6 is 0 Å². The topological polar surface area (TPSA) is 0 Å². The molecule has 68 valence electrons. The molecule has 0 radical (unpaired) electrons. The van der Waals surface area contributed by atoms with E-state index >= 15 is 0 Å². The second kappa shape index (κ2) is 2.82. The van der Waals surface area contributed by atoms with Gasteiger partial charge in [-0.15, -0.1) is 0 Å². The molecule has 0 fully saturated rings. The molecular formula is C13H12Si. The first kappa shape index (κ1) is 8.01. The van der Waals surface area contributed by atoms with Crippen molar-refractivity contribution in [2.45, 2.75) is 5.54 Å². The number of fused-ring (bicyclic) bond motifs is 3. The lowest BCUT2D eigenvalue weighted by molar-refractivity contribution is 1.26. The van der Waals surface area contributed by atoms with E-state index in [0.29, 0.717) is 0 Å². The van der Waals surface area contributed by atoms with E-state index in [1.165, 1.54) is 32.1 Å². The summed E-state index contributed by atoms with van der Waals surface area (Å²) in [6, 6.07) is 13.2. The van der Waals surface area contributed by atoms with Gasteiger partial charge in [0.25, 0.3) is 0 Å². The van der Waals surface area contributed by atoms with E-state index < -0.39 is 0 Å². The van der Waals surface area contributed by atoms with Crippen molar-refractivity contribution in [3.05, 3.63) is 53.6 Å². The van der Waals surface area contributed by atoms with Crippen LogP contribution in [0.25, 0.3) is 16.8 Å². The van der Waals surface area contributed by atoms with Crippen molar-refractivity contribution in [3.63, 3.8) is 0 Å². The molecule has 0 aliphatic heterocycles. The summed E-state index contributed by atoms with van der Waals surface area (Å²) >= 11 is 0. The molecule has 3 rings (SSSR count). The van der Waals surface area contributed by atoms with Crippen molar-refractivity contribution in [1.29, 1.82) is 0 Å². The summed E-state index contributed by atoms with van der Waals surface area (Å²) in [7, 11) is 1.22. The highest BCUT2D eigenvalue weighted by molar-refractivity contribution is 6.16. The van der Waals surface area contributed by atoms with Crippen LogP contribution in [0.15, 0.2) is 42.5 Å². The summed E-state index contributed by atoms with van der Waals surface area (Å²) in [6.07, 6.45) is 4.62. The number of benzene rings is 2. The maximum Gasteiger partial charge on any atom is 0.0171 e. The second-order valence-corrected chi connectivity index (χ2v) is 5.18. The van der Waals surface area contributed by atoms with Gasteiger partial charge >= 0.3 is 0 Å². The number of hydrogen-bond donors (Lipinski definition) is 0. The van der Waals surface area contributed by atoms with E-state index in [-0.39, 0.29) is 0 Å². The molecule has 0 spiro atoms. The zero-order valence-corrected chi connectivity index (χ0v) is 10.2. The Hall–Kier alpha value is -1.34. The van der Waals surface area contributed by atoms with Crippen molar-refractivity contribution in [2.75, 3.05) is 0 Å². The molecule has 1 aliphatic rings. The van der Waals surface area contributed by atoms with Crippen LogP contribution in [0.4, 0.5) is 0 Å². The van der Waals surface area contributed by atoms with E-state index in [1.807, 2.05) is 0 Å². The molecule has 1 aliphatic carbocycles. The molecule has 1 heteroatoms. The fraction of sp³-hybridized carbons (Fsp3) is 0.0769. The molecule has 0 saturated heterocycles. The van der Waals surface area contributed by atoms with Crippen molar-refractivity contribution >= 4 is 27.1 Å². The molecule has 0 bridgehead atoms. The summed E-state index contributed by atoms with van der Waals surface area (Å²) in [4.78, 5) is 0. The van der Waals surface area contributed by atoms with E-state index in [4.69, 9.17) is 0 Å². The van der Waals surface area contributed by atoms with Crippen LogP contribution in [0.2, 0.25) is 0 Å². The fourth-order valence-electron chi connectivity index (χ4n) is 2.24. The lowest BCUT2D eigenvalue weighted by Gasteiger charge is -2.07. The standard InChI is InChI=1S/C13H12Si/c14-13-8-7-11-10-4-2-1-3-9(10)5-6-12(11)13/h1-8,13H,14H3. The number of hydrogen-bond acceptors (Lipinski definition) is 0. The van der Waals surface area contributed by atoms with E-state index in [2.05, 4.69) is 48.6 Å². The first-order valence-electron chi connectivity index (χ1n) is 5.06. The van der Waals surface area contributed by atoms with Gasteiger partial charge in [-0.25, -0.2) is 0 Å². The monoisotopic (exact) mass is 196 g/mol. The van der Waals surface area contributed by atoms with Crippen LogP contribution in [-0.2, 0) is 0 Å². The minimum absolute atomic E-state index is 0.717. The van der Waals surface area contributed by atoms with E-state index in [0.717, 1.165) is 5.54 Å². The summed E-state index contributed by atoms with van der Waals surface area (Å²) in [6.45, 7) is 0. The largest absolute Gasteiger partial charge is 0.0801 e. The molecule has 1 atom stereocenters. The molecule has 0 N–H and O–H groups in total. The normalized spacial score (nSPS) is 19.0. The Bertz CT molecular complexity index is 526. The molecule has 2 aromatic carbocycles. The highest BCUT2D eigenvalue weighted by Crippen LogP contribution is 2.33. The van der Waals surface area contributed by atoms with Crippen LogP contribution in [0.3, 0.4) is 0 Å². The van der Waals surface area contributed by atoms with Gasteiger partial charge in [-0.2, -0.15) is 0 Å². The van der Waals surface area contributed by atoms with Gasteiger partial charge in [0.15, 0.2) is 0 Å². The van der Waals surface area contributed by atoms with E-state index in [9.17, 15) is 0 Å². The van der Waals surface area contributed by atoms with Crippen LogP contribution < -0.4 is 0 Å². The lowest BCUT2D eigenvalue weighted by atomic mass is 10.0. The Kier molecular flexibility index (Phi) is 1.61. The second-order valence-electron chi connectivity index (χ2n) is 3.94. The van der Waals surface area contributed by atoms with Gasteiger partial charge in [0, 0.05) is 10.2 Å². The minimum Gasteiger partial charge on any atom is -0.0801 e. The summed E-state index contributed by atoms with van der Waals surface area (Å²) in [5.41, 5.74) is 3.69. The molecule has 2 aromatic rings. The number of allylic oxidation sites excluding steroid dienone is 1. The molecular weight excluding hydrogens is 184 g/mol. The van der Waals surface area contributed by atoms with Crippen molar-refractivity contribution in [3.8, 4) is 0 Å². The third-order valence-corrected chi connectivity index (χ3v) is 4.05. The van der Waals surface area contributed by atoms with Crippen LogP contribution in [0.1, 0.15) is 16.7 Å². The summed E-state index contributed by atoms with van der Waals surface area (Å²) < 4.78 is 0. The Morgan fingerprint density at radius 2 is 1.86 bits per heavy atom. The first-order chi connectivity index (χ1) is 6.86. The Labute approximate surface area is 86.7 Å². The SMILES string of the molecule is [SiH3]C1C=Cc2c1ccc1ccccc21. The maximum atomic E-state index is 2.34. The maximum absolute atomic E-state index is 2.34. The first-order valence-corrected chi connectivity index (χ1v) is 6.21. The molecule has 0 aromatic heterocycles. The van der Waals surface area contributed by atoms with Gasteiger partial charge in [0.2, 0.25) is 0 Å². The van der Waals surface area contributed by atoms with Crippen molar-refractivity contribution < 1.29 is 0 Å². The molecule has 0 heterocycles. The molecule has 1 unspecified atom stereocenters. The predicted molar refractivity (Wildman–Crippen MR) is 65.7 cm³/mol.